The molecule has 1 heterocycles. The Labute approximate surface area is 127 Å². The molecule has 0 saturated carbocycles. The van der Waals surface area contributed by atoms with E-state index in [4.69, 9.17) is 4.74 Å². The number of hydrogen-bond donors (Lipinski definition) is 1. The number of ether oxygens (including phenoxy) is 1. The van der Waals surface area contributed by atoms with Crippen molar-refractivity contribution >= 4 is 43.2 Å². The Morgan fingerprint density at radius 3 is 2.61 bits per heavy atom. The van der Waals surface area contributed by atoms with Crippen molar-refractivity contribution in [1.82, 2.24) is 10.3 Å². The van der Waals surface area contributed by atoms with Gasteiger partial charge in [-0.05, 0) is 56.6 Å². The lowest BCUT2D eigenvalue weighted by Gasteiger charge is -2.11. The molecule has 6 heteroatoms. The molecule has 0 bridgehead atoms. The van der Waals surface area contributed by atoms with Gasteiger partial charge in [-0.15, -0.1) is 11.3 Å². The van der Waals surface area contributed by atoms with Crippen molar-refractivity contribution in [2.24, 2.45) is 0 Å². The molecule has 1 N–H and O–H groups in total. The highest BCUT2D eigenvalue weighted by Gasteiger charge is 2.09. The van der Waals surface area contributed by atoms with Gasteiger partial charge in [0.1, 0.15) is 12.4 Å². The van der Waals surface area contributed by atoms with Gasteiger partial charge < -0.3 is 10.1 Å². The molecule has 2 rings (SSSR count). The number of nitrogens with one attached hydrogen (secondary N) is 1. The van der Waals surface area contributed by atoms with E-state index in [1.165, 1.54) is 5.56 Å². The maximum Gasteiger partial charge on any atom is 0.148 e. The molecule has 0 aliphatic heterocycles. The van der Waals surface area contributed by atoms with Crippen LogP contribution in [0.25, 0.3) is 0 Å². The van der Waals surface area contributed by atoms with E-state index in [0.717, 1.165) is 26.1 Å². The Balaban J connectivity index is 2.12. The van der Waals surface area contributed by atoms with Gasteiger partial charge in [0.05, 0.1) is 19.3 Å². The summed E-state index contributed by atoms with van der Waals surface area (Å²) in [5.41, 5.74) is 3.00. The fraction of sp³-hybridized carbons (Fsp3) is 0.250. The van der Waals surface area contributed by atoms with Gasteiger partial charge in [0.25, 0.3) is 0 Å². The van der Waals surface area contributed by atoms with E-state index in [9.17, 15) is 0 Å². The van der Waals surface area contributed by atoms with Crippen molar-refractivity contribution in [3.63, 3.8) is 0 Å². The van der Waals surface area contributed by atoms with E-state index in [-0.39, 0.29) is 0 Å². The Kier molecular flexibility index (Phi) is 5.17. The van der Waals surface area contributed by atoms with Gasteiger partial charge in [-0.2, -0.15) is 0 Å². The second-order valence-electron chi connectivity index (χ2n) is 3.68. The number of nitrogens with zero attached hydrogens (tertiary/aromatic N) is 1. The number of halogens is 2. The number of benzene rings is 1. The summed E-state index contributed by atoms with van der Waals surface area (Å²) in [7, 11) is 1.93. The maximum absolute atomic E-state index is 5.80. The first kappa shape index (κ1) is 14.0. The molecule has 0 aliphatic carbocycles. The van der Waals surface area contributed by atoms with Crippen LogP contribution in [-0.2, 0) is 13.2 Å². The van der Waals surface area contributed by atoms with E-state index < -0.39 is 0 Å². The van der Waals surface area contributed by atoms with Gasteiger partial charge in [-0.3, -0.25) is 4.98 Å². The van der Waals surface area contributed by atoms with Gasteiger partial charge in [0.2, 0.25) is 0 Å². The van der Waals surface area contributed by atoms with Crippen molar-refractivity contribution in [3.05, 3.63) is 43.2 Å². The molecule has 18 heavy (non-hydrogen) atoms. The van der Waals surface area contributed by atoms with Crippen molar-refractivity contribution in [1.29, 1.82) is 0 Å². The molecule has 0 saturated heterocycles. The third kappa shape index (κ3) is 3.54. The Bertz CT molecular complexity index is 494. The third-order valence-corrected chi connectivity index (χ3v) is 4.21. The monoisotopic (exact) mass is 390 g/mol. The third-order valence-electron chi connectivity index (χ3n) is 2.28. The number of thiazole rings is 1. The van der Waals surface area contributed by atoms with Crippen LogP contribution >= 0.6 is 43.2 Å². The van der Waals surface area contributed by atoms with Crippen LogP contribution in [-0.4, -0.2) is 12.0 Å². The smallest absolute Gasteiger partial charge is 0.148 e. The summed E-state index contributed by atoms with van der Waals surface area (Å²) >= 11 is 8.66. The molecular formula is C12H12Br2N2OS. The number of rotatable bonds is 5. The Hall–Kier alpha value is -0.430. The normalized spacial score (nSPS) is 10.6. The predicted molar refractivity (Wildman–Crippen MR) is 81.1 cm³/mol. The molecule has 96 valence electrons. The van der Waals surface area contributed by atoms with Crippen LogP contribution in [0, 0.1) is 0 Å². The first-order valence-electron chi connectivity index (χ1n) is 5.33. The lowest BCUT2D eigenvalue weighted by atomic mass is 10.2. The lowest BCUT2D eigenvalue weighted by molar-refractivity contribution is 0.305. The number of aromatic nitrogens is 1. The van der Waals surface area contributed by atoms with Crippen LogP contribution in [0.1, 0.15) is 10.4 Å². The van der Waals surface area contributed by atoms with E-state index in [2.05, 4.69) is 54.3 Å². The molecule has 3 nitrogen and oxygen atoms in total. The average molecular weight is 392 g/mol. The molecule has 0 amide bonds. The van der Waals surface area contributed by atoms with Crippen molar-refractivity contribution in [2.75, 3.05) is 7.05 Å². The lowest BCUT2D eigenvalue weighted by Crippen LogP contribution is -2.05. The zero-order valence-electron chi connectivity index (χ0n) is 9.74. The minimum absolute atomic E-state index is 0.535. The van der Waals surface area contributed by atoms with Gasteiger partial charge in [-0.25, -0.2) is 0 Å². The summed E-state index contributed by atoms with van der Waals surface area (Å²) in [6.45, 7) is 1.36. The highest BCUT2D eigenvalue weighted by atomic mass is 79.9. The van der Waals surface area contributed by atoms with E-state index in [0.29, 0.717) is 6.61 Å². The molecule has 1 aromatic heterocycles. The fourth-order valence-corrected chi connectivity index (χ4v) is 3.53. The maximum atomic E-state index is 5.80. The molecule has 2 aromatic rings. The van der Waals surface area contributed by atoms with Crippen LogP contribution in [0.4, 0.5) is 0 Å². The van der Waals surface area contributed by atoms with Crippen LogP contribution in [0.15, 0.2) is 32.8 Å². The van der Waals surface area contributed by atoms with E-state index >= 15 is 0 Å². The first-order valence-corrected chi connectivity index (χ1v) is 7.80. The molecule has 0 atom stereocenters. The fourth-order valence-electron chi connectivity index (χ4n) is 1.51. The second-order valence-corrected chi connectivity index (χ2v) is 6.35. The minimum Gasteiger partial charge on any atom is -0.486 e. The number of hydrogen-bond acceptors (Lipinski definition) is 4. The topological polar surface area (TPSA) is 34.1 Å². The summed E-state index contributed by atoms with van der Waals surface area (Å²) in [5.74, 6) is 0.822. The van der Waals surface area contributed by atoms with Crippen molar-refractivity contribution in [2.45, 2.75) is 13.2 Å². The van der Waals surface area contributed by atoms with Crippen LogP contribution in [0.2, 0.25) is 0 Å². The van der Waals surface area contributed by atoms with Gasteiger partial charge in [0.15, 0.2) is 0 Å². The molecule has 1 aromatic carbocycles. The molecular weight excluding hydrogens is 380 g/mol. The largest absolute Gasteiger partial charge is 0.486 e. The highest BCUT2D eigenvalue weighted by molar-refractivity contribution is 9.11. The van der Waals surface area contributed by atoms with Crippen LogP contribution in [0.5, 0.6) is 5.75 Å². The summed E-state index contributed by atoms with van der Waals surface area (Å²) in [6.07, 6.45) is 1.82. The van der Waals surface area contributed by atoms with Crippen LogP contribution in [0.3, 0.4) is 0 Å². The molecule has 0 radical (unpaired) electrons. The van der Waals surface area contributed by atoms with Gasteiger partial charge >= 0.3 is 0 Å². The van der Waals surface area contributed by atoms with Crippen LogP contribution < -0.4 is 10.1 Å². The summed E-state index contributed by atoms with van der Waals surface area (Å²) in [4.78, 5) is 5.13. The average Bonchev–Trinajstić information content (AvgIpc) is 2.81. The Morgan fingerprint density at radius 2 is 2.06 bits per heavy atom. The summed E-state index contributed by atoms with van der Waals surface area (Å²) in [6, 6.07) is 4.12. The SMILES string of the molecule is CNCc1cc(Br)c(OCc2cncs2)c(Br)c1. The van der Waals surface area contributed by atoms with Gasteiger partial charge in [-0.1, -0.05) is 0 Å². The zero-order valence-corrected chi connectivity index (χ0v) is 13.7. The molecule has 0 unspecified atom stereocenters. The predicted octanol–water partition coefficient (Wildman–Crippen LogP) is 3.97. The first-order chi connectivity index (χ1) is 8.70. The Morgan fingerprint density at radius 1 is 1.33 bits per heavy atom. The molecule has 0 aliphatic rings. The quantitative estimate of drug-likeness (QED) is 0.837. The van der Waals surface area contributed by atoms with Gasteiger partial charge in [0, 0.05) is 12.7 Å². The van der Waals surface area contributed by atoms with E-state index in [1.54, 1.807) is 16.8 Å². The minimum atomic E-state index is 0.535. The zero-order chi connectivity index (χ0) is 13.0. The summed E-state index contributed by atoms with van der Waals surface area (Å²) in [5, 5.41) is 3.12. The van der Waals surface area contributed by atoms with E-state index in [1.807, 2.05) is 13.2 Å². The summed E-state index contributed by atoms with van der Waals surface area (Å²) < 4.78 is 7.70. The molecule has 0 spiro atoms. The highest BCUT2D eigenvalue weighted by Crippen LogP contribution is 2.35. The van der Waals surface area contributed by atoms with Crippen molar-refractivity contribution < 1.29 is 4.74 Å². The second kappa shape index (κ2) is 6.65. The standard InChI is InChI=1S/C12H12Br2N2OS/c1-15-4-8-2-10(13)12(11(14)3-8)17-6-9-5-16-7-18-9/h2-3,5,7,15H,4,6H2,1H3. The molecule has 0 fully saturated rings. The van der Waals surface area contributed by atoms with Crippen molar-refractivity contribution in [3.8, 4) is 5.75 Å².